The minimum absolute atomic E-state index is 0.0511. The van der Waals surface area contributed by atoms with E-state index in [2.05, 4.69) is 9.62 Å². The van der Waals surface area contributed by atoms with Gasteiger partial charge in [0.05, 0.1) is 42.7 Å². The van der Waals surface area contributed by atoms with Crippen molar-refractivity contribution < 1.29 is 27.4 Å². The molecular weight excluding hydrogens is 420 g/mol. The monoisotopic (exact) mass is 448 g/mol. The van der Waals surface area contributed by atoms with Crippen molar-refractivity contribution in [1.29, 1.82) is 0 Å². The largest absolute Gasteiger partial charge is 0.492 e. The molecule has 2 aromatic carbocycles. The van der Waals surface area contributed by atoms with Crippen LogP contribution in [0.15, 0.2) is 41.3 Å². The highest BCUT2D eigenvalue weighted by molar-refractivity contribution is 7.92. The second-order valence-corrected chi connectivity index (χ2v) is 8.65. The number of benzene rings is 2. The van der Waals surface area contributed by atoms with Crippen LogP contribution in [0.25, 0.3) is 0 Å². The molecule has 0 spiro atoms. The first-order valence-corrected chi connectivity index (χ1v) is 11.7. The summed E-state index contributed by atoms with van der Waals surface area (Å²) in [5.74, 6) is 0.851. The molecular formula is C22H28N2O6S. The molecule has 1 N–H and O–H groups in total. The third-order valence-corrected chi connectivity index (χ3v) is 6.21. The van der Waals surface area contributed by atoms with Gasteiger partial charge < -0.3 is 19.1 Å². The average molecular weight is 449 g/mol. The number of nitrogens with one attached hydrogen (secondary N) is 1. The van der Waals surface area contributed by atoms with Crippen LogP contribution in [0.4, 0.5) is 11.4 Å². The van der Waals surface area contributed by atoms with E-state index in [1.54, 1.807) is 12.1 Å². The van der Waals surface area contributed by atoms with Gasteiger partial charge in [-0.15, -0.1) is 0 Å². The predicted octanol–water partition coefficient (Wildman–Crippen LogP) is 3.32. The molecule has 1 aliphatic rings. The van der Waals surface area contributed by atoms with E-state index in [0.29, 0.717) is 56.6 Å². The number of ether oxygens (including phenoxy) is 3. The molecule has 3 rings (SSSR count). The first kappa shape index (κ1) is 22.9. The predicted molar refractivity (Wildman–Crippen MR) is 119 cm³/mol. The summed E-state index contributed by atoms with van der Waals surface area (Å²) in [6, 6.07) is 9.26. The number of rotatable bonds is 9. The zero-order chi connectivity index (χ0) is 22.4. The minimum Gasteiger partial charge on any atom is -0.492 e. The first-order valence-electron chi connectivity index (χ1n) is 10.3. The van der Waals surface area contributed by atoms with Gasteiger partial charge in [0.2, 0.25) is 0 Å². The summed E-state index contributed by atoms with van der Waals surface area (Å²) in [5.41, 5.74) is 1.57. The lowest BCUT2D eigenvalue weighted by Crippen LogP contribution is -2.36. The molecule has 1 fully saturated rings. The van der Waals surface area contributed by atoms with Crippen molar-refractivity contribution in [2.75, 3.05) is 49.1 Å². The third-order valence-electron chi connectivity index (χ3n) is 4.83. The van der Waals surface area contributed by atoms with Gasteiger partial charge in [0.1, 0.15) is 11.5 Å². The van der Waals surface area contributed by atoms with Gasteiger partial charge in [0.15, 0.2) is 5.78 Å². The van der Waals surface area contributed by atoms with Crippen molar-refractivity contribution in [1.82, 2.24) is 0 Å². The Morgan fingerprint density at radius 1 is 1.03 bits per heavy atom. The number of Topliss-reactive ketones (excluding diaryl/α,β-unsaturated/α-hetero) is 1. The Balaban J connectivity index is 1.98. The lowest BCUT2D eigenvalue weighted by Gasteiger charge is -2.31. The van der Waals surface area contributed by atoms with Crippen LogP contribution in [0.1, 0.15) is 31.1 Å². The number of carbonyl (C=O) groups excluding carboxylic acids is 1. The van der Waals surface area contributed by atoms with Gasteiger partial charge in [-0.25, -0.2) is 8.42 Å². The number of morpholine rings is 1. The smallest absolute Gasteiger partial charge is 0.262 e. The van der Waals surface area contributed by atoms with Crippen LogP contribution in [0.5, 0.6) is 11.5 Å². The highest BCUT2D eigenvalue weighted by Gasteiger charge is 2.23. The van der Waals surface area contributed by atoms with E-state index in [4.69, 9.17) is 14.2 Å². The number of anilines is 2. The molecule has 0 aromatic heterocycles. The van der Waals surface area contributed by atoms with Crippen molar-refractivity contribution in [2.45, 2.75) is 25.7 Å². The number of hydrogen-bond acceptors (Lipinski definition) is 7. The Morgan fingerprint density at radius 2 is 1.65 bits per heavy atom. The molecule has 1 heterocycles. The van der Waals surface area contributed by atoms with Crippen molar-refractivity contribution >= 4 is 27.2 Å². The normalized spacial score (nSPS) is 14.2. The lowest BCUT2D eigenvalue weighted by molar-refractivity contribution is 0.101. The molecule has 1 aliphatic heterocycles. The average Bonchev–Trinajstić information content (AvgIpc) is 2.76. The molecule has 0 radical (unpaired) electrons. The summed E-state index contributed by atoms with van der Waals surface area (Å²) in [6.07, 6.45) is 0. The van der Waals surface area contributed by atoms with E-state index in [9.17, 15) is 13.2 Å². The van der Waals surface area contributed by atoms with Gasteiger partial charge in [0.25, 0.3) is 10.0 Å². The van der Waals surface area contributed by atoms with Crippen LogP contribution in [0.2, 0.25) is 0 Å². The number of sulfonamides is 1. The van der Waals surface area contributed by atoms with Gasteiger partial charge in [-0.05, 0) is 32.9 Å². The third kappa shape index (κ3) is 5.48. The fourth-order valence-corrected chi connectivity index (χ4v) is 4.36. The summed E-state index contributed by atoms with van der Waals surface area (Å²) in [6.45, 7) is 8.59. The van der Waals surface area contributed by atoms with Crippen molar-refractivity contribution in [3.63, 3.8) is 0 Å². The van der Waals surface area contributed by atoms with Crippen LogP contribution >= 0.6 is 0 Å². The maximum Gasteiger partial charge on any atom is 0.262 e. The van der Waals surface area contributed by atoms with Gasteiger partial charge in [0, 0.05) is 30.8 Å². The quantitative estimate of drug-likeness (QED) is 0.588. The lowest BCUT2D eigenvalue weighted by atomic mass is 10.2. The van der Waals surface area contributed by atoms with E-state index in [0.717, 1.165) is 5.69 Å². The summed E-state index contributed by atoms with van der Waals surface area (Å²) >= 11 is 0. The van der Waals surface area contributed by atoms with Crippen molar-refractivity contribution in [3.05, 3.63) is 42.0 Å². The molecule has 0 saturated carbocycles. The fraction of sp³-hybridized carbons (Fsp3) is 0.409. The van der Waals surface area contributed by atoms with E-state index >= 15 is 0 Å². The molecule has 0 bridgehead atoms. The summed E-state index contributed by atoms with van der Waals surface area (Å²) < 4.78 is 45.6. The maximum absolute atomic E-state index is 13.0. The SMILES string of the molecule is CCOc1cc(N2CCOCC2)c(OCC)cc1NS(=O)(=O)c1ccc(C(C)=O)cc1. The van der Waals surface area contributed by atoms with Crippen LogP contribution in [-0.2, 0) is 14.8 Å². The van der Waals surface area contributed by atoms with Gasteiger partial charge in [-0.3, -0.25) is 9.52 Å². The Hall–Kier alpha value is -2.78. The van der Waals surface area contributed by atoms with Gasteiger partial charge >= 0.3 is 0 Å². The molecule has 0 unspecified atom stereocenters. The van der Waals surface area contributed by atoms with Gasteiger partial charge in [-0.2, -0.15) is 0 Å². The second kappa shape index (κ2) is 10.0. The minimum atomic E-state index is -3.90. The topological polar surface area (TPSA) is 94.2 Å². The molecule has 0 aliphatic carbocycles. The molecule has 168 valence electrons. The van der Waals surface area contributed by atoms with E-state index in [1.165, 1.54) is 31.2 Å². The zero-order valence-corrected chi connectivity index (χ0v) is 18.8. The van der Waals surface area contributed by atoms with E-state index < -0.39 is 10.0 Å². The van der Waals surface area contributed by atoms with Crippen molar-refractivity contribution in [2.24, 2.45) is 0 Å². The summed E-state index contributed by atoms with van der Waals surface area (Å²) in [7, 11) is -3.90. The first-order chi connectivity index (χ1) is 14.9. The van der Waals surface area contributed by atoms with E-state index in [-0.39, 0.29) is 16.4 Å². The van der Waals surface area contributed by atoms with Crippen LogP contribution in [0, 0.1) is 0 Å². The Bertz CT molecular complexity index is 1020. The van der Waals surface area contributed by atoms with Crippen LogP contribution in [-0.4, -0.2) is 53.7 Å². The van der Waals surface area contributed by atoms with Crippen molar-refractivity contribution in [3.8, 4) is 11.5 Å². The second-order valence-electron chi connectivity index (χ2n) is 6.97. The maximum atomic E-state index is 13.0. The molecule has 31 heavy (non-hydrogen) atoms. The van der Waals surface area contributed by atoms with E-state index in [1.807, 2.05) is 13.8 Å². The molecule has 0 amide bonds. The molecule has 8 nitrogen and oxygen atoms in total. The number of hydrogen-bond donors (Lipinski definition) is 1. The number of ketones is 1. The van der Waals surface area contributed by atoms with Crippen LogP contribution in [0.3, 0.4) is 0 Å². The number of carbonyl (C=O) groups is 1. The standard InChI is InChI=1S/C22H28N2O6S/c1-4-29-21-15-20(24-10-12-28-13-11-24)22(30-5-2)14-19(21)23-31(26,27)18-8-6-17(7-9-18)16(3)25/h6-9,14-15,23H,4-5,10-13H2,1-3H3. The highest BCUT2D eigenvalue weighted by atomic mass is 32.2. The Labute approximate surface area is 183 Å². The molecule has 1 saturated heterocycles. The molecule has 9 heteroatoms. The number of nitrogens with zero attached hydrogens (tertiary/aromatic N) is 1. The van der Waals surface area contributed by atoms with Gasteiger partial charge in [-0.1, -0.05) is 12.1 Å². The summed E-state index contributed by atoms with van der Waals surface area (Å²) in [5, 5.41) is 0. The Kier molecular flexibility index (Phi) is 7.40. The summed E-state index contributed by atoms with van der Waals surface area (Å²) in [4.78, 5) is 13.7. The van der Waals surface area contributed by atoms with Crippen LogP contribution < -0.4 is 19.1 Å². The zero-order valence-electron chi connectivity index (χ0n) is 18.0. The highest BCUT2D eigenvalue weighted by Crippen LogP contribution is 2.40. The molecule has 2 aromatic rings. The Morgan fingerprint density at radius 3 is 2.23 bits per heavy atom. The molecule has 0 atom stereocenters. The fourth-order valence-electron chi connectivity index (χ4n) is 3.30.